The number of aryl methyl sites for hydroxylation is 2. The summed E-state index contributed by atoms with van der Waals surface area (Å²) < 4.78 is 6.45. The summed E-state index contributed by atoms with van der Waals surface area (Å²) in [5.74, 6) is 1.10. The fourth-order valence-corrected chi connectivity index (χ4v) is 3.77. The Bertz CT molecular complexity index is 430. The first kappa shape index (κ1) is 15.4. The third kappa shape index (κ3) is 2.46. The molecule has 2 nitrogen and oxygen atoms in total. The highest BCUT2D eigenvalue weighted by Crippen LogP contribution is 2.49. The predicted octanol–water partition coefficient (Wildman–Crippen LogP) is 4.24. The number of hydrogen-bond acceptors (Lipinski definition) is 2. The molecule has 0 aromatic heterocycles. The van der Waals surface area contributed by atoms with E-state index in [9.17, 15) is 0 Å². The average Bonchev–Trinajstić information content (AvgIpc) is 2.42. The number of benzene rings is 1. The first-order chi connectivity index (χ1) is 9.58. The van der Waals surface area contributed by atoms with Crippen molar-refractivity contribution in [3.63, 3.8) is 0 Å². The molecule has 2 heteroatoms. The quantitative estimate of drug-likeness (QED) is 0.838. The molecule has 0 spiro atoms. The van der Waals surface area contributed by atoms with Crippen LogP contribution in [0.15, 0.2) is 18.2 Å². The van der Waals surface area contributed by atoms with Gasteiger partial charge in [0.1, 0.15) is 11.9 Å². The maximum Gasteiger partial charge on any atom is 0.125 e. The molecule has 1 saturated carbocycles. The molecule has 112 valence electrons. The largest absolute Gasteiger partial charge is 0.489 e. The summed E-state index contributed by atoms with van der Waals surface area (Å²) in [6.45, 7) is 12.1. The zero-order valence-corrected chi connectivity index (χ0v) is 13.6. The van der Waals surface area contributed by atoms with Crippen molar-refractivity contribution in [3.8, 4) is 5.75 Å². The monoisotopic (exact) mass is 275 g/mol. The van der Waals surface area contributed by atoms with Crippen molar-refractivity contribution in [2.75, 3.05) is 6.54 Å². The highest BCUT2D eigenvalue weighted by molar-refractivity contribution is 5.40. The SMILES string of the molecule is CCNC1CC(Oc2c(C)cccc2C)C1(CC)CC. The van der Waals surface area contributed by atoms with Crippen molar-refractivity contribution < 1.29 is 4.74 Å². The normalized spacial score (nSPS) is 24.2. The summed E-state index contributed by atoms with van der Waals surface area (Å²) in [5.41, 5.74) is 2.79. The van der Waals surface area contributed by atoms with Crippen molar-refractivity contribution in [2.45, 2.75) is 66.0 Å². The van der Waals surface area contributed by atoms with Gasteiger partial charge in [-0.2, -0.15) is 0 Å². The van der Waals surface area contributed by atoms with Crippen LogP contribution in [0.2, 0.25) is 0 Å². The minimum Gasteiger partial charge on any atom is -0.489 e. The molecular formula is C18H29NO. The van der Waals surface area contributed by atoms with Crippen molar-refractivity contribution >= 4 is 0 Å². The highest BCUT2D eigenvalue weighted by atomic mass is 16.5. The van der Waals surface area contributed by atoms with Crippen LogP contribution in [-0.2, 0) is 0 Å². The van der Waals surface area contributed by atoms with Crippen LogP contribution in [0.1, 0.15) is 51.2 Å². The van der Waals surface area contributed by atoms with Gasteiger partial charge in [-0.05, 0) is 44.4 Å². The van der Waals surface area contributed by atoms with Gasteiger partial charge in [-0.15, -0.1) is 0 Å². The number of para-hydroxylation sites is 1. The van der Waals surface area contributed by atoms with E-state index in [0.29, 0.717) is 17.6 Å². The van der Waals surface area contributed by atoms with Crippen LogP contribution in [0.3, 0.4) is 0 Å². The third-order valence-electron chi connectivity index (χ3n) is 5.22. The van der Waals surface area contributed by atoms with E-state index in [1.54, 1.807) is 0 Å². The molecule has 1 fully saturated rings. The summed E-state index contributed by atoms with van der Waals surface area (Å²) in [6, 6.07) is 6.99. The molecule has 0 amide bonds. The minimum atomic E-state index is 0.296. The second kappa shape index (κ2) is 6.17. The van der Waals surface area contributed by atoms with E-state index in [-0.39, 0.29) is 0 Å². The van der Waals surface area contributed by atoms with Gasteiger partial charge in [0.25, 0.3) is 0 Å². The van der Waals surface area contributed by atoms with Crippen molar-refractivity contribution in [1.29, 1.82) is 0 Å². The lowest BCUT2D eigenvalue weighted by molar-refractivity contribution is -0.0859. The molecule has 1 aromatic rings. The molecule has 1 aliphatic rings. The summed E-state index contributed by atoms with van der Waals surface area (Å²) in [7, 11) is 0. The van der Waals surface area contributed by atoms with Crippen molar-refractivity contribution in [2.24, 2.45) is 5.41 Å². The molecule has 1 N–H and O–H groups in total. The molecule has 20 heavy (non-hydrogen) atoms. The van der Waals surface area contributed by atoms with Gasteiger partial charge in [0.05, 0.1) is 0 Å². The number of nitrogens with one attached hydrogen (secondary N) is 1. The van der Waals surface area contributed by atoms with Gasteiger partial charge in [0.15, 0.2) is 0 Å². The van der Waals surface area contributed by atoms with Gasteiger partial charge in [-0.1, -0.05) is 39.0 Å². The summed E-state index contributed by atoms with van der Waals surface area (Å²) in [5, 5.41) is 3.64. The molecular weight excluding hydrogens is 246 g/mol. The molecule has 0 aliphatic heterocycles. The first-order valence-electron chi connectivity index (χ1n) is 8.05. The van der Waals surface area contributed by atoms with Gasteiger partial charge in [-0.3, -0.25) is 0 Å². The summed E-state index contributed by atoms with van der Waals surface area (Å²) in [4.78, 5) is 0. The second-order valence-corrected chi connectivity index (χ2v) is 6.11. The van der Waals surface area contributed by atoms with E-state index >= 15 is 0 Å². The number of ether oxygens (including phenoxy) is 1. The van der Waals surface area contributed by atoms with E-state index in [4.69, 9.17) is 4.74 Å². The van der Waals surface area contributed by atoms with Gasteiger partial charge < -0.3 is 10.1 Å². The molecule has 2 rings (SSSR count). The van der Waals surface area contributed by atoms with Crippen LogP contribution in [-0.4, -0.2) is 18.7 Å². The lowest BCUT2D eigenvalue weighted by atomic mass is 9.58. The molecule has 0 radical (unpaired) electrons. The topological polar surface area (TPSA) is 21.3 Å². The van der Waals surface area contributed by atoms with Crippen LogP contribution in [0.25, 0.3) is 0 Å². The number of rotatable bonds is 6. The third-order valence-corrected chi connectivity index (χ3v) is 5.22. The fourth-order valence-electron chi connectivity index (χ4n) is 3.77. The Morgan fingerprint density at radius 3 is 2.25 bits per heavy atom. The van der Waals surface area contributed by atoms with Gasteiger partial charge in [0.2, 0.25) is 0 Å². The zero-order valence-electron chi connectivity index (χ0n) is 13.6. The Morgan fingerprint density at radius 2 is 1.75 bits per heavy atom. The Morgan fingerprint density at radius 1 is 1.15 bits per heavy atom. The smallest absolute Gasteiger partial charge is 0.125 e. The molecule has 0 bridgehead atoms. The van der Waals surface area contributed by atoms with E-state index in [0.717, 1.165) is 18.7 Å². The van der Waals surface area contributed by atoms with Crippen molar-refractivity contribution in [1.82, 2.24) is 5.32 Å². The standard InChI is InChI=1S/C18H29NO/c1-6-18(7-2)15(19-8-3)12-16(18)20-17-13(4)10-9-11-14(17)5/h9-11,15-16,19H,6-8,12H2,1-5H3. The van der Waals surface area contributed by atoms with Gasteiger partial charge in [0, 0.05) is 17.9 Å². The molecule has 2 atom stereocenters. The Hall–Kier alpha value is -1.02. The Labute approximate surface area is 123 Å². The van der Waals surface area contributed by atoms with Crippen LogP contribution < -0.4 is 10.1 Å². The first-order valence-corrected chi connectivity index (χ1v) is 8.05. The maximum absolute atomic E-state index is 6.45. The van der Waals surface area contributed by atoms with E-state index < -0.39 is 0 Å². The van der Waals surface area contributed by atoms with E-state index in [2.05, 4.69) is 58.1 Å². The van der Waals surface area contributed by atoms with Gasteiger partial charge in [-0.25, -0.2) is 0 Å². The Balaban J connectivity index is 2.18. The highest BCUT2D eigenvalue weighted by Gasteiger charge is 2.54. The number of hydrogen-bond donors (Lipinski definition) is 1. The van der Waals surface area contributed by atoms with Crippen molar-refractivity contribution in [3.05, 3.63) is 29.3 Å². The summed E-state index contributed by atoms with van der Waals surface area (Å²) in [6.07, 6.45) is 3.83. The summed E-state index contributed by atoms with van der Waals surface area (Å²) >= 11 is 0. The van der Waals surface area contributed by atoms with Crippen LogP contribution in [0, 0.1) is 19.3 Å². The average molecular weight is 275 g/mol. The predicted molar refractivity (Wildman–Crippen MR) is 85.4 cm³/mol. The molecule has 0 saturated heterocycles. The Kier molecular flexibility index (Phi) is 4.74. The molecule has 0 heterocycles. The zero-order chi connectivity index (χ0) is 14.8. The lowest BCUT2D eigenvalue weighted by Gasteiger charge is -2.55. The van der Waals surface area contributed by atoms with Crippen LogP contribution in [0.4, 0.5) is 0 Å². The minimum absolute atomic E-state index is 0.296. The fraction of sp³-hybridized carbons (Fsp3) is 0.667. The van der Waals surface area contributed by atoms with E-state index in [1.807, 2.05) is 0 Å². The van der Waals surface area contributed by atoms with E-state index in [1.165, 1.54) is 24.0 Å². The van der Waals surface area contributed by atoms with Gasteiger partial charge >= 0.3 is 0 Å². The molecule has 1 aliphatic carbocycles. The maximum atomic E-state index is 6.45. The van der Waals surface area contributed by atoms with Crippen LogP contribution >= 0.6 is 0 Å². The lowest BCUT2D eigenvalue weighted by Crippen LogP contribution is -2.64. The second-order valence-electron chi connectivity index (χ2n) is 6.11. The van der Waals surface area contributed by atoms with Crippen LogP contribution in [0.5, 0.6) is 5.75 Å². The molecule has 2 unspecified atom stereocenters. The molecule has 1 aromatic carbocycles.